The fraction of sp³-hybridized carbons (Fsp3) is 0.706. The highest BCUT2D eigenvalue weighted by atomic mass is 31.2. The summed E-state index contributed by atoms with van der Waals surface area (Å²) >= 11 is 0. The molecule has 0 rings (SSSR count). The van der Waals surface area contributed by atoms with Gasteiger partial charge in [0, 0.05) is 13.0 Å². The molecule has 0 amide bonds. The van der Waals surface area contributed by atoms with E-state index in [9.17, 15) is 14.3 Å². The number of likely N-dealkylation sites (N-methyl/N-ethyl adjacent to an activating group) is 1. The van der Waals surface area contributed by atoms with Crippen LogP contribution in [0.2, 0.25) is 0 Å². The zero-order chi connectivity index (χ0) is 44.1. The minimum absolute atomic E-state index is 0.0803. The molecule has 0 bridgehead atoms. The van der Waals surface area contributed by atoms with Crippen LogP contribution in [-0.4, -0.2) is 75.6 Å². The quantitative estimate of drug-likeness (QED) is 0.0215. The van der Waals surface area contributed by atoms with Gasteiger partial charge in [-0.3, -0.25) is 13.8 Å². The van der Waals surface area contributed by atoms with Gasteiger partial charge in [-0.05, 0) is 89.9 Å². The normalized spacial score (nSPS) is 14.4. The van der Waals surface area contributed by atoms with Gasteiger partial charge >= 0.3 is 13.8 Å². The number of carbonyl (C=O) groups is 1. The van der Waals surface area contributed by atoms with Crippen molar-refractivity contribution in [3.63, 3.8) is 0 Å². The highest BCUT2D eigenvalue weighted by molar-refractivity contribution is 7.47. The minimum Gasteiger partial charge on any atom is -0.457 e. The number of rotatable bonds is 43. The molecule has 0 radical (unpaired) electrons. The third-order valence-electron chi connectivity index (χ3n) is 9.69. The zero-order valence-electron chi connectivity index (χ0n) is 39.2. The fourth-order valence-corrected chi connectivity index (χ4v) is 6.76. The molecule has 0 saturated carbocycles. The smallest absolute Gasteiger partial charge is 0.457 e. The third-order valence-corrected chi connectivity index (χ3v) is 10.7. The van der Waals surface area contributed by atoms with Gasteiger partial charge < -0.3 is 18.9 Å². The molecule has 0 heterocycles. The van der Waals surface area contributed by atoms with E-state index in [4.69, 9.17) is 18.5 Å². The summed E-state index contributed by atoms with van der Waals surface area (Å²) in [6, 6.07) is 0. The Morgan fingerprint density at radius 1 is 0.533 bits per heavy atom. The summed E-state index contributed by atoms with van der Waals surface area (Å²) in [6.07, 6.45) is 57.7. The van der Waals surface area contributed by atoms with Crippen LogP contribution in [0.15, 0.2) is 85.1 Å². The number of carbonyl (C=O) groups excluding carboxylic acids is 1. The Morgan fingerprint density at radius 2 is 0.967 bits per heavy atom. The maximum absolute atomic E-state index is 12.7. The average molecular weight is 861 g/mol. The van der Waals surface area contributed by atoms with Crippen LogP contribution in [0, 0.1) is 0 Å². The predicted octanol–water partition coefficient (Wildman–Crippen LogP) is 14.4. The van der Waals surface area contributed by atoms with Crippen molar-refractivity contribution in [1.29, 1.82) is 0 Å². The highest BCUT2D eigenvalue weighted by Crippen LogP contribution is 2.43. The summed E-state index contributed by atoms with van der Waals surface area (Å²) < 4.78 is 35.0. The van der Waals surface area contributed by atoms with Crippen LogP contribution in [0.4, 0.5) is 0 Å². The monoisotopic (exact) mass is 861 g/mol. The van der Waals surface area contributed by atoms with Crippen LogP contribution < -0.4 is 0 Å². The average Bonchev–Trinajstić information content (AvgIpc) is 3.20. The molecule has 60 heavy (non-hydrogen) atoms. The van der Waals surface area contributed by atoms with Crippen molar-refractivity contribution in [3.8, 4) is 0 Å². The zero-order valence-corrected chi connectivity index (χ0v) is 40.1. The van der Waals surface area contributed by atoms with E-state index < -0.39 is 13.9 Å². The van der Waals surface area contributed by atoms with Crippen molar-refractivity contribution in [1.82, 2.24) is 0 Å². The van der Waals surface area contributed by atoms with Crippen LogP contribution in [0.3, 0.4) is 0 Å². The van der Waals surface area contributed by atoms with Gasteiger partial charge in [0.1, 0.15) is 19.3 Å². The molecule has 9 heteroatoms. The molecule has 0 aliphatic carbocycles. The van der Waals surface area contributed by atoms with Crippen molar-refractivity contribution < 1.29 is 37.3 Å². The van der Waals surface area contributed by atoms with Crippen LogP contribution in [0.5, 0.6) is 0 Å². The lowest BCUT2D eigenvalue weighted by molar-refractivity contribution is -0.870. The van der Waals surface area contributed by atoms with Gasteiger partial charge in [-0.1, -0.05) is 163 Å². The van der Waals surface area contributed by atoms with Crippen molar-refractivity contribution in [2.45, 2.75) is 180 Å². The number of esters is 1. The molecule has 0 aliphatic rings. The Kier molecular flexibility index (Phi) is 41.7. The second-order valence-electron chi connectivity index (χ2n) is 16.8. The van der Waals surface area contributed by atoms with Gasteiger partial charge in [0.2, 0.25) is 0 Å². The standard InChI is InChI=1S/C51H90NO7P/c1-6-8-10-12-14-16-18-20-21-22-23-24-25-26-27-28-29-30-31-32-33-35-37-39-41-43-46-56-48-50(49-58-60(54,55)57-47-45-52(3,4)5)59-51(53)44-42-40-38-36-34-19-17-15-13-11-9-7-2/h8,10,14-17,20-21,23-24,26-27,29-30,50H,6-7,9,11-13,18-19,22,25,28,31-49H2,1-5H3/p+1/b10-8-,16-14-,17-15-,21-20-,24-23-,27-26-,30-29-. The Hall–Kier alpha value is -2.32. The van der Waals surface area contributed by atoms with Crippen molar-refractivity contribution in [2.75, 3.05) is 54.1 Å². The molecule has 0 aliphatic heterocycles. The van der Waals surface area contributed by atoms with Gasteiger partial charge in [0.25, 0.3) is 0 Å². The number of phosphoric ester groups is 1. The topological polar surface area (TPSA) is 91.3 Å². The van der Waals surface area contributed by atoms with E-state index in [1.165, 1.54) is 64.2 Å². The van der Waals surface area contributed by atoms with Crippen LogP contribution >= 0.6 is 7.82 Å². The van der Waals surface area contributed by atoms with Gasteiger partial charge in [-0.25, -0.2) is 4.57 Å². The summed E-state index contributed by atoms with van der Waals surface area (Å²) in [6.45, 7) is 5.42. The molecular formula is C51H91NO7P+. The maximum atomic E-state index is 12.7. The van der Waals surface area contributed by atoms with E-state index in [0.717, 1.165) is 89.9 Å². The highest BCUT2D eigenvalue weighted by Gasteiger charge is 2.26. The maximum Gasteiger partial charge on any atom is 0.472 e. The van der Waals surface area contributed by atoms with Gasteiger partial charge in [0.05, 0.1) is 34.4 Å². The first kappa shape index (κ1) is 57.7. The van der Waals surface area contributed by atoms with E-state index in [0.29, 0.717) is 24.1 Å². The molecule has 346 valence electrons. The first-order chi connectivity index (χ1) is 29.1. The second kappa shape index (κ2) is 43.3. The molecule has 0 aromatic rings. The number of hydrogen-bond acceptors (Lipinski definition) is 6. The number of quaternary nitrogens is 1. The number of unbranched alkanes of at least 4 members (excludes halogenated alkanes) is 15. The number of allylic oxidation sites excluding steroid dienone is 14. The molecule has 0 spiro atoms. The van der Waals surface area contributed by atoms with Gasteiger partial charge in [-0.15, -0.1) is 0 Å². The Morgan fingerprint density at radius 3 is 1.47 bits per heavy atom. The van der Waals surface area contributed by atoms with Crippen LogP contribution in [0.25, 0.3) is 0 Å². The SMILES string of the molecule is CC/C=C\C/C=C\C/C=C\C/C=C\C/C=C\C/C=C\CCCCCCCCCOCC(COP(=O)(O)OCC[N+](C)(C)C)OC(=O)CCCCCCC/C=C\CCCCC. The molecule has 1 N–H and O–H groups in total. The van der Waals surface area contributed by atoms with E-state index in [1.807, 2.05) is 21.1 Å². The van der Waals surface area contributed by atoms with Crippen molar-refractivity contribution in [3.05, 3.63) is 85.1 Å². The first-order valence-corrected chi connectivity index (χ1v) is 25.3. The molecular weight excluding hydrogens is 770 g/mol. The lowest BCUT2D eigenvalue weighted by atomic mass is 10.1. The number of nitrogens with zero attached hydrogens (tertiary/aromatic N) is 1. The third kappa shape index (κ3) is 46.7. The molecule has 2 atom stereocenters. The Balaban J connectivity index is 4.17. The lowest BCUT2D eigenvalue weighted by Crippen LogP contribution is -2.37. The van der Waals surface area contributed by atoms with E-state index in [1.54, 1.807) is 0 Å². The molecule has 0 saturated heterocycles. The van der Waals surface area contributed by atoms with Crippen LogP contribution in [0.1, 0.15) is 174 Å². The molecule has 0 aromatic heterocycles. The molecule has 2 unspecified atom stereocenters. The van der Waals surface area contributed by atoms with Crippen molar-refractivity contribution in [2.24, 2.45) is 0 Å². The number of phosphoric acid groups is 1. The number of hydrogen-bond donors (Lipinski definition) is 1. The lowest BCUT2D eigenvalue weighted by Gasteiger charge is -2.24. The first-order valence-electron chi connectivity index (χ1n) is 23.8. The second-order valence-corrected chi connectivity index (χ2v) is 18.2. The van der Waals surface area contributed by atoms with Crippen molar-refractivity contribution >= 4 is 13.8 Å². The Labute approximate surface area is 369 Å². The number of ether oxygens (including phenoxy) is 2. The Bertz CT molecular complexity index is 1230. The molecule has 0 aromatic carbocycles. The largest absolute Gasteiger partial charge is 0.472 e. The predicted molar refractivity (Wildman–Crippen MR) is 256 cm³/mol. The summed E-state index contributed by atoms with van der Waals surface area (Å²) in [4.78, 5) is 22.9. The van der Waals surface area contributed by atoms with Crippen LogP contribution in [-0.2, 0) is 27.9 Å². The summed E-state index contributed by atoms with van der Waals surface area (Å²) in [5.74, 6) is -0.332. The summed E-state index contributed by atoms with van der Waals surface area (Å²) in [5.41, 5.74) is 0. The fourth-order valence-electron chi connectivity index (χ4n) is 6.02. The minimum atomic E-state index is -4.29. The molecule has 0 fully saturated rings. The summed E-state index contributed by atoms with van der Waals surface area (Å²) in [7, 11) is 1.64. The van der Waals surface area contributed by atoms with E-state index in [-0.39, 0.29) is 25.8 Å². The van der Waals surface area contributed by atoms with E-state index in [2.05, 4.69) is 98.9 Å². The van der Waals surface area contributed by atoms with E-state index >= 15 is 0 Å². The summed E-state index contributed by atoms with van der Waals surface area (Å²) in [5, 5.41) is 0. The van der Waals surface area contributed by atoms with Gasteiger partial charge in [0.15, 0.2) is 0 Å². The van der Waals surface area contributed by atoms with Gasteiger partial charge in [-0.2, -0.15) is 0 Å². The molecule has 8 nitrogen and oxygen atoms in total.